The van der Waals surface area contributed by atoms with Crippen molar-refractivity contribution in [2.75, 3.05) is 0 Å². The normalized spacial score (nSPS) is 32.0. The summed E-state index contributed by atoms with van der Waals surface area (Å²) >= 11 is 0. The lowest BCUT2D eigenvalue weighted by molar-refractivity contribution is -0.357. The molecule has 1 aliphatic rings. The highest BCUT2D eigenvalue weighted by atomic mass is 19.4. The van der Waals surface area contributed by atoms with E-state index in [4.69, 9.17) is 0 Å². The maximum Gasteiger partial charge on any atom is 0.378 e. The standard InChI is InChI=1S/C7H6F8/c8-4(9)2-1-3-5(10,11)7(14,15)6(4,12)13/h1-3H2. The van der Waals surface area contributed by atoms with Crippen LogP contribution in [0.15, 0.2) is 0 Å². The van der Waals surface area contributed by atoms with Crippen molar-refractivity contribution >= 4 is 0 Å². The van der Waals surface area contributed by atoms with Crippen LogP contribution in [-0.4, -0.2) is 23.7 Å². The van der Waals surface area contributed by atoms with Crippen LogP contribution in [0.2, 0.25) is 0 Å². The molecule has 0 radical (unpaired) electrons. The molecule has 1 rings (SSSR count). The van der Waals surface area contributed by atoms with E-state index in [-0.39, 0.29) is 0 Å². The summed E-state index contributed by atoms with van der Waals surface area (Å²) in [7, 11) is 0. The van der Waals surface area contributed by atoms with Crippen LogP contribution < -0.4 is 0 Å². The highest BCUT2D eigenvalue weighted by molar-refractivity contribution is 5.05. The van der Waals surface area contributed by atoms with Crippen LogP contribution in [0, 0.1) is 0 Å². The molecule has 0 nitrogen and oxygen atoms in total. The Kier molecular flexibility index (Phi) is 2.48. The van der Waals surface area contributed by atoms with E-state index in [2.05, 4.69) is 0 Å². The summed E-state index contributed by atoms with van der Waals surface area (Å²) in [5, 5.41) is 0. The number of hydrogen-bond acceptors (Lipinski definition) is 0. The molecular weight excluding hydrogens is 236 g/mol. The lowest BCUT2D eigenvalue weighted by Gasteiger charge is -2.33. The summed E-state index contributed by atoms with van der Waals surface area (Å²) in [5.74, 6) is -22.3. The zero-order valence-corrected chi connectivity index (χ0v) is 7.15. The van der Waals surface area contributed by atoms with Crippen LogP contribution in [0.4, 0.5) is 35.1 Å². The van der Waals surface area contributed by atoms with Gasteiger partial charge in [0, 0.05) is 12.8 Å². The third kappa shape index (κ3) is 1.48. The molecule has 1 saturated carbocycles. The van der Waals surface area contributed by atoms with Gasteiger partial charge in [0.05, 0.1) is 0 Å². The molecular formula is C7H6F8. The van der Waals surface area contributed by atoms with Gasteiger partial charge in [0.2, 0.25) is 0 Å². The largest absolute Gasteiger partial charge is 0.378 e. The molecule has 0 N–H and O–H groups in total. The van der Waals surface area contributed by atoms with E-state index in [1.807, 2.05) is 0 Å². The minimum absolute atomic E-state index is 1.08. The maximum absolute atomic E-state index is 12.5. The summed E-state index contributed by atoms with van der Waals surface area (Å²) in [5.41, 5.74) is 0. The van der Waals surface area contributed by atoms with Crippen molar-refractivity contribution in [3.63, 3.8) is 0 Å². The third-order valence-corrected chi connectivity index (χ3v) is 2.29. The Labute approximate surface area is 79.2 Å². The van der Waals surface area contributed by atoms with Gasteiger partial charge in [0.15, 0.2) is 0 Å². The zero-order valence-electron chi connectivity index (χ0n) is 7.15. The van der Waals surface area contributed by atoms with Gasteiger partial charge in [-0.3, -0.25) is 0 Å². The second kappa shape index (κ2) is 2.98. The van der Waals surface area contributed by atoms with Crippen LogP contribution in [-0.2, 0) is 0 Å². The van der Waals surface area contributed by atoms with Gasteiger partial charge in [-0.2, -0.15) is 35.1 Å². The Morgan fingerprint density at radius 1 is 0.533 bits per heavy atom. The summed E-state index contributed by atoms with van der Waals surface area (Å²) in [6.45, 7) is 0. The first-order valence-electron chi connectivity index (χ1n) is 3.97. The molecule has 1 aliphatic carbocycles. The fourth-order valence-electron chi connectivity index (χ4n) is 1.31. The summed E-state index contributed by atoms with van der Waals surface area (Å²) in [6, 6.07) is 0. The molecule has 0 aliphatic heterocycles. The van der Waals surface area contributed by atoms with Crippen molar-refractivity contribution in [1.82, 2.24) is 0 Å². The molecule has 0 aromatic carbocycles. The van der Waals surface area contributed by atoms with Crippen LogP contribution in [0.5, 0.6) is 0 Å². The molecule has 90 valence electrons. The maximum atomic E-state index is 12.5. The van der Waals surface area contributed by atoms with E-state index in [0.29, 0.717) is 0 Å². The van der Waals surface area contributed by atoms with Crippen LogP contribution >= 0.6 is 0 Å². The van der Waals surface area contributed by atoms with E-state index in [1.54, 1.807) is 0 Å². The first-order valence-corrected chi connectivity index (χ1v) is 3.97. The van der Waals surface area contributed by atoms with E-state index in [0.717, 1.165) is 0 Å². The Bertz CT molecular complexity index is 230. The molecule has 1 fully saturated rings. The molecule has 8 heteroatoms. The number of rotatable bonds is 0. The zero-order chi connectivity index (χ0) is 12.1. The predicted molar refractivity (Wildman–Crippen MR) is 33.6 cm³/mol. The lowest BCUT2D eigenvalue weighted by atomic mass is 10.0. The second-order valence-corrected chi connectivity index (χ2v) is 3.41. The Morgan fingerprint density at radius 3 is 1.07 bits per heavy atom. The van der Waals surface area contributed by atoms with Gasteiger partial charge in [0.25, 0.3) is 0 Å². The summed E-state index contributed by atoms with van der Waals surface area (Å²) < 4.78 is 100. The molecule has 0 spiro atoms. The van der Waals surface area contributed by atoms with Gasteiger partial charge in [0.1, 0.15) is 0 Å². The highest BCUT2D eigenvalue weighted by Crippen LogP contribution is 2.57. The van der Waals surface area contributed by atoms with Gasteiger partial charge in [-0.25, -0.2) is 0 Å². The quantitative estimate of drug-likeness (QED) is 0.448. The minimum atomic E-state index is -6.03. The van der Waals surface area contributed by atoms with Crippen LogP contribution in [0.25, 0.3) is 0 Å². The van der Waals surface area contributed by atoms with E-state index >= 15 is 0 Å². The first kappa shape index (κ1) is 12.5. The van der Waals surface area contributed by atoms with Gasteiger partial charge < -0.3 is 0 Å². The molecule has 0 bridgehead atoms. The van der Waals surface area contributed by atoms with Crippen LogP contribution in [0.1, 0.15) is 19.3 Å². The Balaban J connectivity index is 3.26. The molecule has 0 aromatic heterocycles. The Hall–Kier alpha value is -0.560. The molecule has 15 heavy (non-hydrogen) atoms. The monoisotopic (exact) mass is 242 g/mol. The summed E-state index contributed by atoms with van der Waals surface area (Å²) in [4.78, 5) is 0. The molecule has 0 saturated heterocycles. The minimum Gasteiger partial charge on any atom is -0.200 e. The van der Waals surface area contributed by atoms with Gasteiger partial charge >= 0.3 is 23.7 Å². The topological polar surface area (TPSA) is 0 Å². The average molecular weight is 242 g/mol. The van der Waals surface area contributed by atoms with E-state index < -0.39 is 43.0 Å². The predicted octanol–water partition coefficient (Wildman–Crippen LogP) is 3.71. The second-order valence-electron chi connectivity index (χ2n) is 3.41. The number of halogens is 8. The van der Waals surface area contributed by atoms with Crippen molar-refractivity contribution < 1.29 is 35.1 Å². The lowest BCUT2D eigenvalue weighted by Crippen LogP contribution is -2.60. The Morgan fingerprint density at radius 2 is 0.800 bits per heavy atom. The molecule has 0 heterocycles. The highest BCUT2D eigenvalue weighted by Gasteiger charge is 2.81. The smallest absolute Gasteiger partial charge is 0.200 e. The van der Waals surface area contributed by atoms with E-state index in [9.17, 15) is 35.1 Å². The van der Waals surface area contributed by atoms with Gasteiger partial charge in [-0.1, -0.05) is 0 Å². The van der Waals surface area contributed by atoms with Crippen molar-refractivity contribution in [3.8, 4) is 0 Å². The SMILES string of the molecule is FC1(F)CCCC(F)(F)C(F)(F)C1(F)F. The third-order valence-electron chi connectivity index (χ3n) is 2.29. The molecule has 0 amide bonds. The summed E-state index contributed by atoms with van der Waals surface area (Å²) in [6.07, 6.45) is -4.43. The van der Waals surface area contributed by atoms with Crippen molar-refractivity contribution in [2.24, 2.45) is 0 Å². The molecule has 0 atom stereocenters. The number of hydrogen-bond donors (Lipinski definition) is 0. The fourth-order valence-corrected chi connectivity index (χ4v) is 1.31. The van der Waals surface area contributed by atoms with E-state index in [1.165, 1.54) is 0 Å². The molecule has 0 aromatic rings. The molecule has 0 unspecified atom stereocenters. The first-order chi connectivity index (χ1) is 6.46. The van der Waals surface area contributed by atoms with Crippen molar-refractivity contribution in [3.05, 3.63) is 0 Å². The van der Waals surface area contributed by atoms with Crippen LogP contribution in [0.3, 0.4) is 0 Å². The van der Waals surface area contributed by atoms with Gasteiger partial charge in [-0.05, 0) is 6.42 Å². The van der Waals surface area contributed by atoms with Crippen molar-refractivity contribution in [1.29, 1.82) is 0 Å². The van der Waals surface area contributed by atoms with Crippen molar-refractivity contribution in [2.45, 2.75) is 43.0 Å². The number of alkyl halides is 8. The van der Waals surface area contributed by atoms with Gasteiger partial charge in [-0.15, -0.1) is 0 Å². The fraction of sp³-hybridized carbons (Fsp3) is 1.00. The average Bonchev–Trinajstić information content (AvgIpc) is 2.03.